The molecule has 6 nitrogen and oxygen atoms in total. The molecular weight excluding hydrogens is 444 g/mol. The molecule has 3 aromatic carbocycles. The molecule has 32 heavy (non-hydrogen) atoms. The zero-order valence-electron chi connectivity index (χ0n) is 16.4. The second-order valence-corrected chi connectivity index (χ2v) is 8.90. The number of rotatable bonds is 6. The smallest absolute Gasteiger partial charge is 0.270 e. The third-order valence-corrected chi connectivity index (χ3v) is 6.62. The van der Waals surface area contributed by atoms with Crippen molar-refractivity contribution < 1.29 is 14.1 Å². The Labute approximate surface area is 190 Å². The van der Waals surface area contributed by atoms with Gasteiger partial charge >= 0.3 is 0 Å². The number of benzene rings is 3. The van der Waals surface area contributed by atoms with Gasteiger partial charge in [-0.3, -0.25) is 14.9 Å². The summed E-state index contributed by atoms with van der Waals surface area (Å²) in [5.41, 5.74) is 1.99. The summed E-state index contributed by atoms with van der Waals surface area (Å²) in [7, 11) is 0. The Morgan fingerprint density at radius 2 is 1.72 bits per heavy atom. The minimum atomic E-state index is -0.481. The van der Waals surface area contributed by atoms with Gasteiger partial charge in [0.2, 0.25) is 0 Å². The number of non-ortho nitro benzene ring substituents is 1. The minimum absolute atomic E-state index is 0.0530. The van der Waals surface area contributed by atoms with Crippen LogP contribution in [0.15, 0.2) is 98.5 Å². The van der Waals surface area contributed by atoms with E-state index in [0.717, 1.165) is 15.4 Å². The Morgan fingerprint density at radius 1 is 0.969 bits per heavy atom. The SMILES string of the molecule is O=C(c1cc2cc([N+](=O)[O-])ccc2o1)c1nc(-c2ccc(Sc3ccccc3)cc2)cs1. The van der Waals surface area contributed by atoms with Crippen LogP contribution in [0.1, 0.15) is 15.6 Å². The summed E-state index contributed by atoms with van der Waals surface area (Å²) in [5.74, 6) is -0.243. The highest BCUT2D eigenvalue weighted by Crippen LogP contribution is 2.31. The molecule has 0 unspecified atom stereocenters. The van der Waals surface area contributed by atoms with Crippen molar-refractivity contribution in [3.8, 4) is 11.3 Å². The van der Waals surface area contributed by atoms with Crippen molar-refractivity contribution in [2.45, 2.75) is 9.79 Å². The maximum absolute atomic E-state index is 12.9. The Bertz CT molecular complexity index is 1440. The summed E-state index contributed by atoms with van der Waals surface area (Å²) in [4.78, 5) is 30.1. The Kier molecular flexibility index (Phi) is 5.30. The fourth-order valence-electron chi connectivity index (χ4n) is 3.19. The number of thiazole rings is 1. The highest BCUT2D eigenvalue weighted by molar-refractivity contribution is 7.99. The predicted octanol–water partition coefficient (Wildman–Crippen LogP) is 6.85. The first-order chi connectivity index (χ1) is 15.6. The standard InChI is InChI=1S/C24H14N2O4S2/c27-23(22-13-16-12-17(26(28)29)8-11-21(16)30-22)24-25-20(14-31-24)15-6-9-19(10-7-15)32-18-4-2-1-3-5-18/h1-14H. The molecule has 0 aliphatic carbocycles. The van der Waals surface area contributed by atoms with Gasteiger partial charge in [-0.1, -0.05) is 42.1 Å². The third kappa shape index (κ3) is 4.05. The maximum Gasteiger partial charge on any atom is 0.270 e. The molecule has 0 aliphatic rings. The lowest BCUT2D eigenvalue weighted by molar-refractivity contribution is -0.384. The van der Waals surface area contributed by atoms with Gasteiger partial charge in [-0.25, -0.2) is 4.98 Å². The Morgan fingerprint density at radius 3 is 2.47 bits per heavy atom. The number of nitrogens with zero attached hydrogens (tertiary/aromatic N) is 2. The minimum Gasteiger partial charge on any atom is -0.452 e. The van der Waals surface area contributed by atoms with Crippen LogP contribution in [0.5, 0.6) is 0 Å². The van der Waals surface area contributed by atoms with Crippen LogP contribution in [0.3, 0.4) is 0 Å². The fraction of sp³-hybridized carbons (Fsp3) is 0. The summed E-state index contributed by atoms with van der Waals surface area (Å²) in [6.45, 7) is 0. The van der Waals surface area contributed by atoms with E-state index in [1.807, 2.05) is 47.8 Å². The number of furan rings is 1. The van der Waals surface area contributed by atoms with E-state index in [2.05, 4.69) is 17.1 Å². The molecule has 0 N–H and O–H groups in total. The molecule has 0 bridgehead atoms. The molecule has 0 amide bonds. The lowest BCUT2D eigenvalue weighted by Gasteiger charge is -2.02. The third-order valence-electron chi connectivity index (χ3n) is 4.76. The van der Waals surface area contributed by atoms with E-state index in [1.165, 1.54) is 35.6 Å². The molecule has 5 rings (SSSR count). The molecule has 8 heteroatoms. The van der Waals surface area contributed by atoms with Gasteiger partial charge in [0.1, 0.15) is 5.58 Å². The van der Waals surface area contributed by atoms with Crippen LogP contribution in [0, 0.1) is 10.1 Å². The molecule has 0 fully saturated rings. The first-order valence-electron chi connectivity index (χ1n) is 9.58. The van der Waals surface area contributed by atoms with E-state index in [9.17, 15) is 14.9 Å². The monoisotopic (exact) mass is 458 g/mol. The molecule has 0 saturated heterocycles. The lowest BCUT2D eigenvalue weighted by Crippen LogP contribution is -1.98. The molecule has 2 heterocycles. The zero-order chi connectivity index (χ0) is 22.1. The fourth-order valence-corrected chi connectivity index (χ4v) is 4.80. The van der Waals surface area contributed by atoms with Crippen molar-refractivity contribution in [3.05, 3.63) is 105 Å². The normalized spacial score (nSPS) is 11.0. The number of hydrogen-bond acceptors (Lipinski definition) is 7. The lowest BCUT2D eigenvalue weighted by atomic mass is 10.2. The highest BCUT2D eigenvalue weighted by Gasteiger charge is 2.20. The van der Waals surface area contributed by atoms with Gasteiger partial charge in [-0.05, 0) is 36.4 Å². The maximum atomic E-state index is 12.9. The van der Waals surface area contributed by atoms with Crippen molar-refractivity contribution in [1.82, 2.24) is 4.98 Å². The van der Waals surface area contributed by atoms with Crippen molar-refractivity contribution in [1.29, 1.82) is 0 Å². The van der Waals surface area contributed by atoms with E-state index in [0.29, 0.717) is 21.7 Å². The van der Waals surface area contributed by atoms with E-state index in [4.69, 9.17) is 4.42 Å². The average Bonchev–Trinajstić information content (AvgIpc) is 3.47. The van der Waals surface area contributed by atoms with Crippen LogP contribution in [-0.4, -0.2) is 15.7 Å². The molecular formula is C24H14N2O4S2. The van der Waals surface area contributed by atoms with Crippen LogP contribution in [0.4, 0.5) is 5.69 Å². The second-order valence-electron chi connectivity index (χ2n) is 6.90. The van der Waals surface area contributed by atoms with Gasteiger partial charge in [-0.15, -0.1) is 11.3 Å². The first kappa shape index (κ1) is 20.2. The number of carbonyl (C=O) groups is 1. The number of aromatic nitrogens is 1. The molecule has 0 atom stereocenters. The molecule has 5 aromatic rings. The Balaban J connectivity index is 1.35. The van der Waals surface area contributed by atoms with Gasteiger partial charge < -0.3 is 4.42 Å². The molecule has 0 aliphatic heterocycles. The summed E-state index contributed by atoms with van der Waals surface area (Å²) < 4.78 is 5.60. The van der Waals surface area contributed by atoms with E-state index < -0.39 is 4.92 Å². The summed E-state index contributed by atoms with van der Waals surface area (Å²) in [5, 5.41) is 13.6. The molecule has 2 aromatic heterocycles. The topological polar surface area (TPSA) is 86.2 Å². The quantitative estimate of drug-likeness (QED) is 0.157. The van der Waals surface area contributed by atoms with E-state index in [-0.39, 0.29) is 17.2 Å². The largest absolute Gasteiger partial charge is 0.452 e. The van der Waals surface area contributed by atoms with Crippen LogP contribution < -0.4 is 0 Å². The van der Waals surface area contributed by atoms with E-state index in [1.54, 1.807) is 11.8 Å². The number of ketones is 1. The first-order valence-corrected chi connectivity index (χ1v) is 11.3. The van der Waals surface area contributed by atoms with Crippen LogP contribution in [0.25, 0.3) is 22.2 Å². The number of carbonyl (C=O) groups excluding carboxylic acids is 1. The van der Waals surface area contributed by atoms with Gasteiger partial charge in [0.05, 0.1) is 10.6 Å². The molecule has 156 valence electrons. The van der Waals surface area contributed by atoms with Crippen LogP contribution in [-0.2, 0) is 0 Å². The Hall–Kier alpha value is -3.75. The molecule has 0 saturated carbocycles. The summed E-state index contributed by atoms with van der Waals surface area (Å²) >= 11 is 2.92. The van der Waals surface area contributed by atoms with Crippen LogP contribution >= 0.6 is 23.1 Å². The molecule has 0 radical (unpaired) electrons. The van der Waals surface area contributed by atoms with Gasteiger partial charge in [0, 0.05) is 38.3 Å². The van der Waals surface area contributed by atoms with Crippen molar-refractivity contribution >= 4 is 45.5 Å². The van der Waals surface area contributed by atoms with Gasteiger partial charge in [0.25, 0.3) is 11.5 Å². The van der Waals surface area contributed by atoms with Crippen molar-refractivity contribution in [3.63, 3.8) is 0 Å². The number of nitro benzene ring substituents is 1. The van der Waals surface area contributed by atoms with Gasteiger partial charge in [-0.2, -0.15) is 0 Å². The van der Waals surface area contributed by atoms with Gasteiger partial charge in [0.15, 0.2) is 10.8 Å². The zero-order valence-corrected chi connectivity index (χ0v) is 18.1. The van der Waals surface area contributed by atoms with Crippen molar-refractivity contribution in [2.24, 2.45) is 0 Å². The summed E-state index contributed by atoms with van der Waals surface area (Å²) in [6, 6.07) is 23.9. The number of hydrogen-bond donors (Lipinski definition) is 0. The second kappa shape index (κ2) is 8.41. The predicted molar refractivity (Wildman–Crippen MR) is 124 cm³/mol. The average molecular weight is 459 g/mol. The number of fused-ring (bicyclic) bond motifs is 1. The van der Waals surface area contributed by atoms with Crippen LogP contribution in [0.2, 0.25) is 0 Å². The van der Waals surface area contributed by atoms with E-state index >= 15 is 0 Å². The summed E-state index contributed by atoms with van der Waals surface area (Å²) in [6.07, 6.45) is 0. The number of nitro groups is 1. The van der Waals surface area contributed by atoms with Crippen molar-refractivity contribution in [2.75, 3.05) is 0 Å². The molecule has 0 spiro atoms. The highest BCUT2D eigenvalue weighted by atomic mass is 32.2.